The number of rotatable bonds is 1. The van der Waals surface area contributed by atoms with Gasteiger partial charge in [-0.2, -0.15) is 0 Å². The van der Waals surface area contributed by atoms with Crippen LogP contribution >= 0.6 is 12.2 Å². The van der Waals surface area contributed by atoms with E-state index in [4.69, 9.17) is 12.2 Å². The fraction of sp³-hybridized carbons (Fsp3) is 0.545. The van der Waals surface area contributed by atoms with E-state index in [1.165, 1.54) is 30.5 Å². The smallest absolute Gasteiger partial charge is 0.106 e. The zero-order chi connectivity index (χ0) is 10.1. The summed E-state index contributed by atoms with van der Waals surface area (Å²) in [6.45, 7) is 3.27. The summed E-state index contributed by atoms with van der Waals surface area (Å²) >= 11 is 5.15. The van der Waals surface area contributed by atoms with Gasteiger partial charge in [-0.25, -0.2) is 0 Å². The monoisotopic (exact) mass is 208 g/mol. The molecule has 0 radical (unpaired) electrons. The largest absolute Gasteiger partial charge is 0.352 e. The fourth-order valence-electron chi connectivity index (χ4n) is 2.14. The highest BCUT2D eigenvalue weighted by molar-refractivity contribution is 7.71. The molecule has 1 saturated heterocycles. The maximum absolute atomic E-state index is 5.15. The number of pyridine rings is 1. The fourth-order valence-corrected chi connectivity index (χ4v) is 2.26. The minimum atomic E-state index is 0.584. The molecule has 0 amide bonds. The summed E-state index contributed by atoms with van der Waals surface area (Å²) in [5.74, 6) is 0. The predicted molar refractivity (Wildman–Crippen MR) is 61.0 cm³/mol. The number of aromatic amines is 1. The van der Waals surface area contributed by atoms with Crippen LogP contribution in [0, 0.1) is 11.6 Å². The van der Waals surface area contributed by atoms with Crippen LogP contribution in [0.1, 0.15) is 30.0 Å². The van der Waals surface area contributed by atoms with Crippen molar-refractivity contribution in [1.29, 1.82) is 0 Å². The number of hydrogen-bond acceptors (Lipinski definition) is 2. The Morgan fingerprint density at radius 3 is 2.93 bits per heavy atom. The number of nitrogens with zero attached hydrogens (tertiary/aromatic N) is 1. The van der Waals surface area contributed by atoms with E-state index in [1.54, 1.807) is 0 Å². The molecule has 0 aliphatic carbocycles. The number of likely N-dealkylation sites (tertiary alicyclic amines) is 1. The van der Waals surface area contributed by atoms with E-state index >= 15 is 0 Å². The van der Waals surface area contributed by atoms with Crippen molar-refractivity contribution in [2.75, 3.05) is 13.6 Å². The quantitative estimate of drug-likeness (QED) is 0.716. The zero-order valence-corrected chi connectivity index (χ0v) is 9.53. The van der Waals surface area contributed by atoms with Crippen molar-refractivity contribution in [2.45, 2.75) is 25.8 Å². The standard InChI is InChI=1S/C11H16N2S/c1-8-6-9(7-12-11(8)14)10-4-3-5-13(10)2/h6-7,10H,3-5H2,1-2H3,(H,12,14)/t10-/m0/s1. The molecule has 0 bridgehead atoms. The molecule has 1 aromatic rings. The topological polar surface area (TPSA) is 19.0 Å². The Balaban J connectivity index is 2.32. The third kappa shape index (κ3) is 1.74. The molecule has 1 N–H and O–H groups in total. The number of hydrogen-bond donors (Lipinski definition) is 1. The maximum Gasteiger partial charge on any atom is 0.106 e. The van der Waals surface area contributed by atoms with Gasteiger partial charge in [-0.05, 0) is 44.5 Å². The lowest BCUT2D eigenvalue weighted by molar-refractivity contribution is 0.317. The maximum atomic E-state index is 5.15. The van der Waals surface area contributed by atoms with Gasteiger partial charge in [0.15, 0.2) is 0 Å². The van der Waals surface area contributed by atoms with Crippen LogP contribution in [-0.2, 0) is 0 Å². The van der Waals surface area contributed by atoms with Gasteiger partial charge in [0, 0.05) is 12.2 Å². The average molecular weight is 208 g/mol. The summed E-state index contributed by atoms with van der Waals surface area (Å²) in [4.78, 5) is 5.56. The summed E-state index contributed by atoms with van der Waals surface area (Å²) in [7, 11) is 2.19. The van der Waals surface area contributed by atoms with E-state index in [1.807, 2.05) is 0 Å². The minimum absolute atomic E-state index is 0.584. The van der Waals surface area contributed by atoms with Gasteiger partial charge >= 0.3 is 0 Å². The van der Waals surface area contributed by atoms with Gasteiger partial charge in [0.25, 0.3) is 0 Å². The van der Waals surface area contributed by atoms with Crippen LogP contribution < -0.4 is 0 Å². The van der Waals surface area contributed by atoms with Gasteiger partial charge in [0.05, 0.1) is 0 Å². The first-order valence-electron chi connectivity index (χ1n) is 5.08. The highest BCUT2D eigenvalue weighted by Gasteiger charge is 2.22. The molecule has 2 nitrogen and oxygen atoms in total. The van der Waals surface area contributed by atoms with E-state index < -0.39 is 0 Å². The molecule has 3 heteroatoms. The molecule has 2 rings (SSSR count). The van der Waals surface area contributed by atoms with Crippen LogP contribution in [0.25, 0.3) is 0 Å². The van der Waals surface area contributed by atoms with Crippen molar-refractivity contribution >= 4 is 12.2 Å². The van der Waals surface area contributed by atoms with Gasteiger partial charge in [-0.1, -0.05) is 18.3 Å². The second kappa shape index (κ2) is 3.83. The molecule has 76 valence electrons. The van der Waals surface area contributed by atoms with Gasteiger partial charge in [0.2, 0.25) is 0 Å². The highest BCUT2D eigenvalue weighted by atomic mass is 32.1. The Kier molecular flexibility index (Phi) is 2.70. The van der Waals surface area contributed by atoms with Gasteiger partial charge in [-0.15, -0.1) is 0 Å². The Hall–Kier alpha value is -0.670. The molecular weight excluding hydrogens is 192 g/mol. The molecule has 0 unspecified atom stereocenters. The first kappa shape index (κ1) is 9.87. The van der Waals surface area contributed by atoms with Crippen molar-refractivity contribution in [3.05, 3.63) is 28.0 Å². The van der Waals surface area contributed by atoms with E-state index in [-0.39, 0.29) is 0 Å². The Labute approximate surface area is 90.0 Å². The second-order valence-corrected chi connectivity index (χ2v) is 4.49. The molecule has 0 saturated carbocycles. The summed E-state index contributed by atoms with van der Waals surface area (Å²) < 4.78 is 0.856. The summed E-state index contributed by atoms with van der Waals surface area (Å²) in [6, 6.07) is 2.80. The molecule has 0 aromatic carbocycles. The molecule has 1 aliphatic rings. The Bertz CT molecular complexity index is 383. The SMILES string of the molecule is Cc1cc([C@@H]2CCCN2C)c[nH]c1=S. The minimum Gasteiger partial charge on any atom is -0.352 e. The van der Waals surface area contributed by atoms with Crippen molar-refractivity contribution in [3.63, 3.8) is 0 Å². The van der Waals surface area contributed by atoms with Gasteiger partial charge in [-0.3, -0.25) is 4.90 Å². The predicted octanol–water partition coefficient (Wildman–Crippen LogP) is 2.82. The van der Waals surface area contributed by atoms with E-state index in [0.29, 0.717) is 6.04 Å². The number of H-pyrrole nitrogens is 1. The van der Waals surface area contributed by atoms with Crippen LogP contribution in [0.2, 0.25) is 0 Å². The van der Waals surface area contributed by atoms with Crippen LogP contribution in [-0.4, -0.2) is 23.5 Å². The van der Waals surface area contributed by atoms with Crippen molar-refractivity contribution in [2.24, 2.45) is 0 Å². The molecule has 1 aliphatic heterocycles. The first-order valence-corrected chi connectivity index (χ1v) is 5.49. The van der Waals surface area contributed by atoms with E-state index in [9.17, 15) is 0 Å². The Morgan fingerprint density at radius 2 is 2.36 bits per heavy atom. The summed E-state index contributed by atoms with van der Waals surface area (Å²) in [6.07, 6.45) is 4.62. The lowest BCUT2D eigenvalue weighted by atomic mass is 10.1. The number of nitrogens with one attached hydrogen (secondary N) is 1. The second-order valence-electron chi connectivity index (χ2n) is 4.08. The zero-order valence-electron chi connectivity index (χ0n) is 8.71. The molecule has 2 heterocycles. The third-order valence-electron chi connectivity index (χ3n) is 3.02. The van der Waals surface area contributed by atoms with Crippen LogP contribution in [0.5, 0.6) is 0 Å². The Morgan fingerprint density at radius 1 is 1.57 bits per heavy atom. The van der Waals surface area contributed by atoms with Crippen LogP contribution in [0.4, 0.5) is 0 Å². The molecule has 14 heavy (non-hydrogen) atoms. The summed E-state index contributed by atoms with van der Waals surface area (Å²) in [5.41, 5.74) is 2.55. The lowest BCUT2D eigenvalue weighted by Crippen LogP contribution is -2.17. The van der Waals surface area contributed by atoms with Crippen molar-refractivity contribution in [1.82, 2.24) is 9.88 Å². The normalized spacial score (nSPS) is 22.9. The van der Waals surface area contributed by atoms with Crippen LogP contribution in [0.3, 0.4) is 0 Å². The van der Waals surface area contributed by atoms with Gasteiger partial charge in [0.1, 0.15) is 4.64 Å². The van der Waals surface area contributed by atoms with E-state index in [0.717, 1.165) is 4.64 Å². The molecule has 1 aromatic heterocycles. The molecule has 0 spiro atoms. The highest BCUT2D eigenvalue weighted by Crippen LogP contribution is 2.30. The lowest BCUT2D eigenvalue weighted by Gasteiger charge is -2.19. The van der Waals surface area contributed by atoms with Gasteiger partial charge < -0.3 is 4.98 Å². The first-order chi connectivity index (χ1) is 6.68. The summed E-state index contributed by atoms with van der Waals surface area (Å²) in [5, 5.41) is 0. The third-order valence-corrected chi connectivity index (χ3v) is 3.46. The molecular formula is C11H16N2S. The van der Waals surface area contributed by atoms with Crippen LogP contribution in [0.15, 0.2) is 12.3 Å². The van der Waals surface area contributed by atoms with Crippen molar-refractivity contribution < 1.29 is 0 Å². The molecule has 1 atom stereocenters. The van der Waals surface area contributed by atoms with E-state index in [2.05, 4.69) is 36.1 Å². The van der Waals surface area contributed by atoms with Crippen molar-refractivity contribution in [3.8, 4) is 0 Å². The average Bonchev–Trinajstić information content (AvgIpc) is 2.57. The number of aromatic nitrogens is 1. The number of aryl methyl sites for hydroxylation is 1. The molecule has 1 fully saturated rings.